The highest BCUT2D eigenvalue weighted by molar-refractivity contribution is 5.74. The Labute approximate surface area is 170 Å². The number of amides is 2. The summed E-state index contributed by atoms with van der Waals surface area (Å²) in [5.74, 6) is 1.83. The Balaban J connectivity index is 1.38. The molecule has 4 rings (SSSR count). The van der Waals surface area contributed by atoms with Gasteiger partial charge in [0.1, 0.15) is 0 Å². The van der Waals surface area contributed by atoms with E-state index in [2.05, 4.69) is 20.4 Å². The highest BCUT2D eigenvalue weighted by Crippen LogP contribution is 2.38. The van der Waals surface area contributed by atoms with Gasteiger partial charge in [0.25, 0.3) is 0 Å². The number of carbonyl (C=O) groups excluding carboxylic acids is 1. The van der Waals surface area contributed by atoms with Crippen molar-refractivity contribution in [3.05, 3.63) is 77.2 Å². The molecule has 1 aliphatic rings. The minimum atomic E-state index is -0.138. The smallest absolute Gasteiger partial charge is 0.318 e. The Hall–Kier alpha value is -3.22. The highest BCUT2D eigenvalue weighted by atomic mass is 16.5. The van der Waals surface area contributed by atoms with Crippen molar-refractivity contribution in [3.63, 3.8) is 0 Å². The minimum absolute atomic E-state index is 0.138. The zero-order valence-electron chi connectivity index (χ0n) is 16.5. The van der Waals surface area contributed by atoms with Crippen LogP contribution in [0.2, 0.25) is 0 Å². The zero-order valence-corrected chi connectivity index (χ0v) is 16.5. The molecular formula is C22H25N5O2. The average molecular weight is 391 g/mol. The van der Waals surface area contributed by atoms with Crippen molar-refractivity contribution >= 4 is 6.03 Å². The number of aromatic nitrogens is 3. The summed E-state index contributed by atoms with van der Waals surface area (Å²) < 4.78 is 5.28. The largest absolute Gasteiger partial charge is 0.339 e. The van der Waals surface area contributed by atoms with Crippen LogP contribution < -0.4 is 5.32 Å². The maximum Gasteiger partial charge on any atom is 0.318 e. The summed E-state index contributed by atoms with van der Waals surface area (Å²) in [5.41, 5.74) is 3.03. The molecule has 0 aliphatic heterocycles. The molecule has 29 heavy (non-hydrogen) atoms. The molecule has 7 heteroatoms. The number of hydrogen-bond acceptors (Lipinski definition) is 5. The molecule has 0 atom stereocenters. The fraction of sp³-hybridized carbons (Fsp3) is 0.364. The molecule has 1 aliphatic carbocycles. The Morgan fingerprint density at radius 2 is 2.00 bits per heavy atom. The van der Waals surface area contributed by atoms with E-state index in [1.807, 2.05) is 49.4 Å². The van der Waals surface area contributed by atoms with Crippen LogP contribution >= 0.6 is 0 Å². The van der Waals surface area contributed by atoms with Crippen molar-refractivity contribution in [2.45, 2.75) is 45.2 Å². The van der Waals surface area contributed by atoms with Crippen molar-refractivity contribution in [2.24, 2.45) is 0 Å². The third-order valence-corrected chi connectivity index (χ3v) is 5.00. The molecule has 0 unspecified atom stereocenters. The fourth-order valence-corrected chi connectivity index (χ4v) is 3.13. The van der Waals surface area contributed by atoms with Crippen LogP contribution in [-0.2, 0) is 19.5 Å². The van der Waals surface area contributed by atoms with Crippen molar-refractivity contribution in [1.29, 1.82) is 0 Å². The summed E-state index contributed by atoms with van der Waals surface area (Å²) in [6, 6.07) is 13.7. The third kappa shape index (κ3) is 5.19. The maximum absolute atomic E-state index is 12.9. The fourth-order valence-electron chi connectivity index (χ4n) is 3.13. The first-order chi connectivity index (χ1) is 14.2. The van der Waals surface area contributed by atoms with Crippen LogP contribution in [0.4, 0.5) is 4.79 Å². The Kier molecular flexibility index (Phi) is 5.84. The predicted molar refractivity (Wildman–Crippen MR) is 108 cm³/mol. The lowest BCUT2D eigenvalue weighted by atomic mass is 10.2. The first kappa shape index (κ1) is 19.1. The van der Waals surface area contributed by atoms with Gasteiger partial charge in [-0.3, -0.25) is 4.98 Å². The summed E-state index contributed by atoms with van der Waals surface area (Å²) in [5, 5.41) is 6.99. The molecule has 1 N–H and O–H groups in total. The van der Waals surface area contributed by atoms with Gasteiger partial charge in [0.2, 0.25) is 5.89 Å². The number of hydrogen-bond donors (Lipinski definition) is 1. The molecule has 3 aromatic rings. The van der Waals surface area contributed by atoms with E-state index >= 15 is 0 Å². The summed E-state index contributed by atoms with van der Waals surface area (Å²) in [6.45, 7) is 3.40. The van der Waals surface area contributed by atoms with Gasteiger partial charge < -0.3 is 14.7 Å². The van der Waals surface area contributed by atoms with E-state index in [1.165, 1.54) is 0 Å². The molecule has 1 aromatic carbocycles. The summed E-state index contributed by atoms with van der Waals surface area (Å²) >= 11 is 0. The van der Waals surface area contributed by atoms with Crippen molar-refractivity contribution in [1.82, 2.24) is 25.3 Å². The number of pyridine rings is 1. The molecule has 0 radical (unpaired) electrons. The van der Waals surface area contributed by atoms with E-state index in [9.17, 15) is 4.79 Å². The molecule has 2 aromatic heterocycles. The number of rotatable bonds is 8. The van der Waals surface area contributed by atoms with E-state index < -0.39 is 0 Å². The van der Waals surface area contributed by atoms with Gasteiger partial charge in [-0.05, 0) is 37.0 Å². The number of carbonyl (C=O) groups is 1. The molecule has 0 saturated heterocycles. The minimum Gasteiger partial charge on any atom is -0.339 e. The average Bonchev–Trinajstić information content (AvgIpc) is 3.48. The maximum atomic E-state index is 12.9. The Bertz CT molecular complexity index is 953. The second-order valence-corrected chi connectivity index (χ2v) is 7.41. The van der Waals surface area contributed by atoms with E-state index in [0.717, 1.165) is 35.5 Å². The third-order valence-electron chi connectivity index (χ3n) is 5.00. The van der Waals surface area contributed by atoms with Gasteiger partial charge in [0, 0.05) is 31.6 Å². The van der Waals surface area contributed by atoms with Crippen LogP contribution in [0.15, 0.2) is 53.2 Å². The van der Waals surface area contributed by atoms with Gasteiger partial charge in [-0.25, -0.2) is 4.79 Å². The van der Waals surface area contributed by atoms with Crippen LogP contribution in [0.25, 0.3) is 0 Å². The topological polar surface area (TPSA) is 84.2 Å². The van der Waals surface area contributed by atoms with Crippen LogP contribution in [0.1, 0.15) is 47.3 Å². The molecule has 150 valence electrons. The van der Waals surface area contributed by atoms with Crippen molar-refractivity contribution in [3.8, 4) is 0 Å². The van der Waals surface area contributed by atoms with Gasteiger partial charge >= 0.3 is 6.03 Å². The summed E-state index contributed by atoms with van der Waals surface area (Å²) in [6.07, 6.45) is 4.55. The first-order valence-corrected chi connectivity index (χ1v) is 9.98. The van der Waals surface area contributed by atoms with Crippen molar-refractivity contribution < 1.29 is 9.32 Å². The van der Waals surface area contributed by atoms with E-state index in [4.69, 9.17) is 4.52 Å². The van der Waals surface area contributed by atoms with Crippen LogP contribution in [0, 0.1) is 6.92 Å². The molecule has 1 fully saturated rings. The lowest BCUT2D eigenvalue weighted by molar-refractivity contribution is 0.191. The summed E-state index contributed by atoms with van der Waals surface area (Å²) in [7, 11) is 0. The normalized spacial score (nSPS) is 13.3. The molecule has 2 amide bonds. The van der Waals surface area contributed by atoms with Crippen LogP contribution in [0.5, 0.6) is 0 Å². The van der Waals surface area contributed by atoms with E-state index in [1.54, 1.807) is 11.1 Å². The zero-order chi connectivity index (χ0) is 20.1. The lowest BCUT2D eigenvalue weighted by Crippen LogP contribution is -2.40. The lowest BCUT2D eigenvalue weighted by Gasteiger charge is -2.23. The predicted octanol–water partition coefficient (Wildman–Crippen LogP) is 3.60. The quantitative estimate of drug-likeness (QED) is 0.634. The van der Waals surface area contributed by atoms with Crippen LogP contribution in [-0.4, -0.2) is 32.6 Å². The number of benzene rings is 1. The van der Waals surface area contributed by atoms with Crippen molar-refractivity contribution in [2.75, 3.05) is 6.54 Å². The van der Waals surface area contributed by atoms with Gasteiger partial charge in [-0.15, -0.1) is 0 Å². The van der Waals surface area contributed by atoms with E-state index in [-0.39, 0.29) is 6.03 Å². The second-order valence-electron chi connectivity index (χ2n) is 7.41. The SMILES string of the molecule is Cc1cccnc1CN(Cc1ccccc1)C(=O)NCCc1nc(C2CC2)no1. The first-order valence-electron chi connectivity index (χ1n) is 9.98. The number of aryl methyl sites for hydroxylation is 1. The van der Waals surface area contributed by atoms with Gasteiger partial charge in [-0.1, -0.05) is 41.6 Å². The molecular weight excluding hydrogens is 366 g/mol. The number of urea groups is 1. The molecule has 1 saturated carbocycles. The second kappa shape index (κ2) is 8.86. The van der Waals surface area contributed by atoms with Gasteiger partial charge in [0.15, 0.2) is 5.82 Å². The molecule has 2 heterocycles. The molecule has 0 bridgehead atoms. The van der Waals surface area contributed by atoms with Crippen LogP contribution in [0.3, 0.4) is 0 Å². The standard InChI is InChI=1S/C22H25N5O2/c1-16-6-5-12-23-19(16)15-27(14-17-7-3-2-4-8-17)22(28)24-13-11-20-25-21(26-29-20)18-9-10-18/h2-8,12,18H,9-11,13-15H2,1H3,(H,24,28). The van der Waals surface area contributed by atoms with E-state index in [0.29, 0.717) is 37.9 Å². The van der Waals surface area contributed by atoms with Gasteiger partial charge in [0.05, 0.1) is 12.2 Å². The van der Waals surface area contributed by atoms with Gasteiger partial charge in [-0.2, -0.15) is 4.98 Å². The number of nitrogens with zero attached hydrogens (tertiary/aromatic N) is 4. The Morgan fingerprint density at radius 3 is 2.76 bits per heavy atom. The monoisotopic (exact) mass is 391 g/mol. The molecule has 7 nitrogen and oxygen atoms in total. The number of nitrogens with one attached hydrogen (secondary N) is 1. The molecule has 0 spiro atoms. The highest BCUT2D eigenvalue weighted by Gasteiger charge is 2.28. The summed E-state index contributed by atoms with van der Waals surface area (Å²) in [4.78, 5) is 23.5. The Morgan fingerprint density at radius 1 is 1.17 bits per heavy atom.